The van der Waals surface area contributed by atoms with Crippen LogP contribution in [0.1, 0.15) is 36.9 Å². The fraction of sp³-hybridized carbons (Fsp3) is 0.364. The lowest BCUT2D eigenvalue weighted by atomic mass is 9.98. The van der Waals surface area contributed by atoms with Crippen molar-refractivity contribution in [1.82, 2.24) is 10.6 Å². The SMILES string of the molecule is COc1ccc(C(NC(=O)CCNC(=O)C2CC2C)c2ccccc2)cc1. The van der Waals surface area contributed by atoms with Crippen LogP contribution in [0.5, 0.6) is 5.75 Å². The molecule has 1 aliphatic carbocycles. The maximum Gasteiger partial charge on any atom is 0.223 e. The number of methoxy groups -OCH3 is 1. The number of hydrogen-bond donors (Lipinski definition) is 2. The zero-order valence-corrected chi connectivity index (χ0v) is 15.8. The first kappa shape index (κ1) is 19.0. The molecule has 2 aromatic rings. The Labute approximate surface area is 160 Å². The quantitative estimate of drug-likeness (QED) is 0.754. The summed E-state index contributed by atoms with van der Waals surface area (Å²) in [4.78, 5) is 24.3. The molecule has 0 bridgehead atoms. The smallest absolute Gasteiger partial charge is 0.223 e. The molecule has 0 saturated heterocycles. The van der Waals surface area contributed by atoms with E-state index in [2.05, 4.69) is 17.6 Å². The number of benzene rings is 2. The van der Waals surface area contributed by atoms with Crippen molar-refractivity contribution >= 4 is 11.8 Å². The molecule has 142 valence electrons. The number of rotatable bonds is 8. The predicted molar refractivity (Wildman–Crippen MR) is 104 cm³/mol. The molecule has 2 amide bonds. The summed E-state index contributed by atoms with van der Waals surface area (Å²) >= 11 is 0. The Morgan fingerprint density at radius 3 is 2.30 bits per heavy atom. The van der Waals surface area contributed by atoms with Crippen LogP contribution in [-0.2, 0) is 9.59 Å². The van der Waals surface area contributed by atoms with Gasteiger partial charge in [0.05, 0.1) is 13.2 Å². The van der Waals surface area contributed by atoms with Crippen molar-refractivity contribution in [1.29, 1.82) is 0 Å². The van der Waals surface area contributed by atoms with Crippen molar-refractivity contribution in [2.24, 2.45) is 11.8 Å². The standard InChI is InChI=1S/C22H26N2O3/c1-15-14-19(15)22(26)23-13-12-20(25)24-21(16-6-4-3-5-7-16)17-8-10-18(27-2)11-9-17/h3-11,15,19,21H,12-14H2,1-2H3,(H,23,26)(H,24,25). The molecule has 0 heterocycles. The lowest BCUT2D eigenvalue weighted by Crippen LogP contribution is -2.34. The highest BCUT2D eigenvalue weighted by molar-refractivity contribution is 5.82. The van der Waals surface area contributed by atoms with Crippen molar-refractivity contribution in [3.8, 4) is 5.75 Å². The van der Waals surface area contributed by atoms with Crippen LogP contribution in [0.15, 0.2) is 54.6 Å². The Bertz CT molecular complexity index is 774. The zero-order chi connectivity index (χ0) is 19.2. The van der Waals surface area contributed by atoms with Crippen molar-refractivity contribution in [3.63, 3.8) is 0 Å². The number of amides is 2. The summed E-state index contributed by atoms with van der Waals surface area (Å²) < 4.78 is 5.22. The largest absolute Gasteiger partial charge is 0.497 e. The van der Waals surface area contributed by atoms with E-state index in [1.54, 1.807) is 7.11 Å². The molecule has 2 aromatic carbocycles. The normalized spacial score (nSPS) is 19.0. The summed E-state index contributed by atoms with van der Waals surface area (Å²) in [6.45, 7) is 2.42. The van der Waals surface area contributed by atoms with Gasteiger partial charge in [-0.15, -0.1) is 0 Å². The molecule has 1 fully saturated rings. The van der Waals surface area contributed by atoms with Gasteiger partial charge in [-0.25, -0.2) is 0 Å². The molecule has 5 nitrogen and oxygen atoms in total. The Morgan fingerprint density at radius 1 is 1.07 bits per heavy atom. The summed E-state index contributed by atoms with van der Waals surface area (Å²) in [6.07, 6.45) is 1.21. The number of carbonyl (C=O) groups excluding carboxylic acids is 2. The van der Waals surface area contributed by atoms with Gasteiger partial charge in [0, 0.05) is 18.9 Å². The van der Waals surface area contributed by atoms with Crippen LogP contribution < -0.4 is 15.4 Å². The van der Waals surface area contributed by atoms with E-state index in [4.69, 9.17) is 4.74 Å². The second-order valence-corrected chi connectivity index (χ2v) is 7.04. The van der Waals surface area contributed by atoms with Crippen LogP contribution >= 0.6 is 0 Å². The molecular weight excluding hydrogens is 340 g/mol. The molecule has 3 atom stereocenters. The molecule has 3 rings (SSSR count). The minimum absolute atomic E-state index is 0.0602. The van der Waals surface area contributed by atoms with Gasteiger partial charge in [-0.1, -0.05) is 49.4 Å². The second-order valence-electron chi connectivity index (χ2n) is 7.04. The van der Waals surface area contributed by atoms with Crippen molar-refractivity contribution in [2.75, 3.05) is 13.7 Å². The number of hydrogen-bond acceptors (Lipinski definition) is 3. The first-order valence-electron chi connectivity index (χ1n) is 9.34. The predicted octanol–water partition coefficient (Wildman–Crippen LogP) is 3.06. The van der Waals surface area contributed by atoms with Gasteiger partial charge in [-0.3, -0.25) is 9.59 Å². The van der Waals surface area contributed by atoms with E-state index in [9.17, 15) is 9.59 Å². The van der Waals surface area contributed by atoms with Crippen molar-refractivity contribution in [2.45, 2.75) is 25.8 Å². The van der Waals surface area contributed by atoms with E-state index < -0.39 is 0 Å². The highest BCUT2D eigenvalue weighted by Crippen LogP contribution is 2.37. The Kier molecular flexibility index (Phi) is 6.12. The highest BCUT2D eigenvalue weighted by atomic mass is 16.5. The van der Waals surface area contributed by atoms with Gasteiger partial charge in [-0.2, -0.15) is 0 Å². The van der Waals surface area contributed by atoms with Crippen LogP contribution in [0.3, 0.4) is 0 Å². The van der Waals surface area contributed by atoms with E-state index in [-0.39, 0.29) is 30.2 Å². The van der Waals surface area contributed by atoms with Gasteiger partial charge in [0.15, 0.2) is 0 Å². The van der Waals surface area contributed by atoms with Crippen molar-refractivity contribution < 1.29 is 14.3 Å². The average molecular weight is 366 g/mol. The van der Waals surface area contributed by atoms with E-state index in [0.29, 0.717) is 12.5 Å². The monoisotopic (exact) mass is 366 g/mol. The van der Waals surface area contributed by atoms with Crippen molar-refractivity contribution in [3.05, 3.63) is 65.7 Å². The first-order chi connectivity index (χ1) is 13.1. The van der Waals surface area contributed by atoms with Crippen LogP contribution in [-0.4, -0.2) is 25.5 Å². The lowest BCUT2D eigenvalue weighted by Gasteiger charge is -2.20. The molecule has 1 saturated carbocycles. The average Bonchev–Trinajstić information content (AvgIpc) is 3.43. The maximum atomic E-state index is 12.5. The van der Waals surface area contributed by atoms with E-state index in [1.807, 2.05) is 54.6 Å². The third kappa shape index (κ3) is 5.09. The number of nitrogens with one attached hydrogen (secondary N) is 2. The third-order valence-electron chi connectivity index (χ3n) is 4.98. The van der Waals surface area contributed by atoms with Crippen LogP contribution in [0.2, 0.25) is 0 Å². The van der Waals surface area contributed by atoms with Crippen LogP contribution in [0.25, 0.3) is 0 Å². The van der Waals surface area contributed by atoms with E-state index in [1.165, 1.54) is 0 Å². The molecular formula is C22H26N2O3. The van der Waals surface area contributed by atoms with Gasteiger partial charge in [0.2, 0.25) is 11.8 Å². The fourth-order valence-electron chi connectivity index (χ4n) is 3.15. The minimum atomic E-state index is -0.247. The Hall–Kier alpha value is -2.82. The fourth-order valence-corrected chi connectivity index (χ4v) is 3.15. The zero-order valence-electron chi connectivity index (χ0n) is 15.8. The molecule has 2 N–H and O–H groups in total. The third-order valence-corrected chi connectivity index (χ3v) is 4.98. The topological polar surface area (TPSA) is 67.4 Å². The molecule has 0 aliphatic heterocycles. The maximum absolute atomic E-state index is 12.5. The molecule has 3 unspecified atom stereocenters. The molecule has 5 heteroatoms. The van der Waals surface area contributed by atoms with Gasteiger partial charge in [0.1, 0.15) is 5.75 Å². The van der Waals surface area contributed by atoms with Gasteiger partial charge in [0.25, 0.3) is 0 Å². The molecule has 0 spiro atoms. The van der Waals surface area contributed by atoms with Crippen LogP contribution in [0.4, 0.5) is 0 Å². The highest BCUT2D eigenvalue weighted by Gasteiger charge is 2.38. The van der Waals surface area contributed by atoms with Gasteiger partial charge in [-0.05, 0) is 35.6 Å². The molecule has 0 aromatic heterocycles. The minimum Gasteiger partial charge on any atom is -0.497 e. The Balaban J connectivity index is 1.62. The summed E-state index contributed by atoms with van der Waals surface area (Å²) in [5.74, 6) is 1.34. The van der Waals surface area contributed by atoms with Gasteiger partial charge < -0.3 is 15.4 Å². The summed E-state index contributed by atoms with van der Waals surface area (Å²) in [5.41, 5.74) is 1.98. The number of ether oxygens (including phenoxy) is 1. The molecule has 27 heavy (non-hydrogen) atoms. The van der Waals surface area contributed by atoms with E-state index in [0.717, 1.165) is 23.3 Å². The molecule has 1 aliphatic rings. The number of carbonyl (C=O) groups is 2. The summed E-state index contributed by atoms with van der Waals surface area (Å²) in [6, 6.07) is 17.3. The molecule has 0 radical (unpaired) electrons. The summed E-state index contributed by atoms with van der Waals surface area (Å²) in [7, 11) is 1.63. The first-order valence-corrected chi connectivity index (χ1v) is 9.34. The Morgan fingerprint density at radius 2 is 1.70 bits per heavy atom. The van der Waals surface area contributed by atoms with Gasteiger partial charge >= 0.3 is 0 Å². The summed E-state index contributed by atoms with van der Waals surface area (Å²) in [5, 5.41) is 5.94. The lowest BCUT2D eigenvalue weighted by molar-refractivity contribution is -0.123. The second kappa shape index (κ2) is 8.71. The van der Waals surface area contributed by atoms with E-state index >= 15 is 0 Å². The van der Waals surface area contributed by atoms with Crippen LogP contribution in [0, 0.1) is 11.8 Å².